The highest BCUT2D eigenvalue weighted by molar-refractivity contribution is 5.83. The molecule has 1 saturated carbocycles. The molecule has 1 saturated heterocycles. The minimum Gasteiger partial charge on any atom is -0.342 e. The lowest BCUT2D eigenvalue weighted by molar-refractivity contribution is -0.141. The summed E-state index contributed by atoms with van der Waals surface area (Å²) in [7, 11) is 2.00. The Morgan fingerprint density at radius 1 is 1.31 bits per heavy atom. The smallest absolute Gasteiger partial charge is 0.229 e. The van der Waals surface area contributed by atoms with Crippen molar-refractivity contribution in [3.05, 3.63) is 0 Å². The second-order valence-corrected chi connectivity index (χ2v) is 5.70. The van der Waals surface area contributed by atoms with Gasteiger partial charge in [-0.25, -0.2) is 0 Å². The average molecular weight is 224 g/mol. The second-order valence-electron chi connectivity index (χ2n) is 5.70. The molecule has 1 amide bonds. The van der Waals surface area contributed by atoms with Gasteiger partial charge >= 0.3 is 0 Å². The quantitative estimate of drug-likeness (QED) is 0.775. The lowest BCUT2D eigenvalue weighted by Gasteiger charge is -2.36. The van der Waals surface area contributed by atoms with Gasteiger partial charge in [0.15, 0.2) is 0 Å². The maximum atomic E-state index is 12.5. The van der Waals surface area contributed by atoms with Gasteiger partial charge in [-0.15, -0.1) is 0 Å². The van der Waals surface area contributed by atoms with Gasteiger partial charge in [-0.3, -0.25) is 4.79 Å². The van der Waals surface area contributed by atoms with Crippen molar-refractivity contribution in [2.45, 2.75) is 51.5 Å². The summed E-state index contributed by atoms with van der Waals surface area (Å²) in [5.41, 5.74) is -0.147. The molecule has 1 atom stereocenters. The predicted octanol–water partition coefficient (Wildman–Crippen LogP) is 1.78. The van der Waals surface area contributed by atoms with Crippen LogP contribution in [-0.2, 0) is 4.79 Å². The minimum absolute atomic E-state index is 0.147. The molecule has 0 aromatic carbocycles. The molecule has 1 aliphatic heterocycles. The molecule has 0 radical (unpaired) electrons. The lowest BCUT2D eigenvalue weighted by atomic mass is 9.86. The summed E-state index contributed by atoms with van der Waals surface area (Å²) in [6.45, 7) is 3.94. The van der Waals surface area contributed by atoms with Gasteiger partial charge in [0.1, 0.15) is 0 Å². The summed E-state index contributed by atoms with van der Waals surface area (Å²) >= 11 is 0. The molecule has 1 N–H and O–H groups in total. The topological polar surface area (TPSA) is 32.3 Å². The Balaban J connectivity index is 1.97. The van der Waals surface area contributed by atoms with E-state index in [0.717, 1.165) is 19.5 Å². The highest BCUT2D eigenvalue weighted by Gasteiger charge is 2.39. The second kappa shape index (κ2) is 4.74. The van der Waals surface area contributed by atoms with E-state index in [1.165, 1.54) is 32.1 Å². The number of nitrogens with one attached hydrogen (secondary N) is 1. The summed E-state index contributed by atoms with van der Waals surface area (Å²) < 4.78 is 0. The van der Waals surface area contributed by atoms with Crippen LogP contribution in [0.4, 0.5) is 0 Å². The van der Waals surface area contributed by atoms with E-state index in [-0.39, 0.29) is 5.41 Å². The standard InChI is InChI=1S/C13H24N2O/c1-13(8-9-14-10-13)12(16)15(2)11-6-4-3-5-7-11/h11,14H,3-10H2,1-2H3. The first kappa shape index (κ1) is 11.9. The Bertz CT molecular complexity index is 253. The minimum atomic E-state index is -0.147. The van der Waals surface area contributed by atoms with Crippen LogP contribution >= 0.6 is 0 Å². The van der Waals surface area contributed by atoms with Gasteiger partial charge < -0.3 is 10.2 Å². The van der Waals surface area contributed by atoms with E-state index < -0.39 is 0 Å². The van der Waals surface area contributed by atoms with E-state index in [4.69, 9.17) is 0 Å². The molecule has 1 heterocycles. The molecule has 0 spiro atoms. The van der Waals surface area contributed by atoms with Crippen LogP contribution < -0.4 is 5.32 Å². The van der Waals surface area contributed by atoms with Gasteiger partial charge in [0.2, 0.25) is 5.91 Å². The van der Waals surface area contributed by atoms with Crippen LogP contribution in [0, 0.1) is 5.41 Å². The van der Waals surface area contributed by atoms with Gasteiger partial charge in [-0.2, -0.15) is 0 Å². The largest absolute Gasteiger partial charge is 0.342 e. The van der Waals surface area contributed by atoms with Gasteiger partial charge in [-0.05, 0) is 32.7 Å². The summed E-state index contributed by atoms with van der Waals surface area (Å²) in [5.74, 6) is 0.351. The van der Waals surface area contributed by atoms with Gasteiger partial charge in [0.25, 0.3) is 0 Å². The highest BCUT2D eigenvalue weighted by atomic mass is 16.2. The fourth-order valence-corrected chi connectivity index (χ4v) is 3.06. The Labute approximate surface area is 98.6 Å². The molecule has 92 valence electrons. The van der Waals surface area contributed by atoms with Crippen LogP contribution in [0.5, 0.6) is 0 Å². The van der Waals surface area contributed by atoms with Crippen LogP contribution in [0.1, 0.15) is 45.4 Å². The van der Waals surface area contributed by atoms with Crippen LogP contribution in [0.3, 0.4) is 0 Å². The first-order valence-corrected chi connectivity index (χ1v) is 6.61. The zero-order chi connectivity index (χ0) is 11.6. The van der Waals surface area contributed by atoms with Gasteiger partial charge in [0.05, 0.1) is 5.41 Å². The molecule has 2 fully saturated rings. The maximum absolute atomic E-state index is 12.5. The van der Waals surface area contributed by atoms with E-state index in [2.05, 4.69) is 12.2 Å². The first-order valence-electron chi connectivity index (χ1n) is 6.61. The number of nitrogens with zero attached hydrogens (tertiary/aromatic N) is 1. The van der Waals surface area contributed by atoms with Crippen LogP contribution in [-0.4, -0.2) is 37.0 Å². The summed E-state index contributed by atoms with van der Waals surface area (Å²) in [4.78, 5) is 14.5. The maximum Gasteiger partial charge on any atom is 0.229 e. The van der Waals surface area contributed by atoms with E-state index >= 15 is 0 Å². The van der Waals surface area contributed by atoms with E-state index in [1.54, 1.807) is 0 Å². The molecule has 16 heavy (non-hydrogen) atoms. The number of hydrogen-bond donors (Lipinski definition) is 1. The molecule has 2 aliphatic rings. The molecule has 1 unspecified atom stereocenters. The Morgan fingerprint density at radius 2 is 2.00 bits per heavy atom. The van der Waals surface area contributed by atoms with Crippen LogP contribution in [0.25, 0.3) is 0 Å². The molecule has 3 nitrogen and oxygen atoms in total. The molecule has 0 aromatic heterocycles. The Morgan fingerprint density at radius 3 is 2.56 bits per heavy atom. The number of carbonyl (C=O) groups excluding carboxylic acids is 1. The lowest BCUT2D eigenvalue weighted by Crippen LogP contribution is -2.47. The molecule has 2 rings (SSSR count). The van der Waals surface area contributed by atoms with Crippen molar-refractivity contribution >= 4 is 5.91 Å². The predicted molar refractivity (Wildman–Crippen MR) is 65.2 cm³/mol. The number of rotatable bonds is 2. The fraction of sp³-hybridized carbons (Fsp3) is 0.923. The highest BCUT2D eigenvalue weighted by Crippen LogP contribution is 2.30. The van der Waals surface area contributed by atoms with E-state index in [1.807, 2.05) is 11.9 Å². The number of amides is 1. The van der Waals surface area contributed by atoms with Crippen molar-refractivity contribution in [1.29, 1.82) is 0 Å². The average Bonchev–Trinajstić information content (AvgIpc) is 2.77. The number of carbonyl (C=O) groups is 1. The summed E-state index contributed by atoms with van der Waals surface area (Å²) in [5, 5.41) is 3.30. The normalized spacial score (nSPS) is 31.6. The van der Waals surface area contributed by atoms with Crippen molar-refractivity contribution < 1.29 is 4.79 Å². The third-order valence-electron chi connectivity index (χ3n) is 4.33. The SMILES string of the molecule is CN(C(=O)C1(C)CCNC1)C1CCCCC1. The zero-order valence-electron chi connectivity index (χ0n) is 10.6. The molecule has 0 aromatic rings. The van der Waals surface area contributed by atoms with Crippen molar-refractivity contribution in [2.24, 2.45) is 5.41 Å². The van der Waals surface area contributed by atoms with Gasteiger partial charge in [-0.1, -0.05) is 19.3 Å². The third kappa shape index (κ3) is 2.24. The molecule has 1 aliphatic carbocycles. The first-order chi connectivity index (χ1) is 7.63. The molecular formula is C13H24N2O. The van der Waals surface area contributed by atoms with Crippen molar-refractivity contribution in [3.63, 3.8) is 0 Å². The molecular weight excluding hydrogens is 200 g/mol. The van der Waals surface area contributed by atoms with Gasteiger partial charge in [0, 0.05) is 19.6 Å². The summed E-state index contributed by atoms with van der Waals surface area (Å²) in [6.07, 6.45) is 7.31. The van der Waals surface area contributed by atoms with E-state index in [0.29, 0.717) is 11.9 Å². The van der Waals surface area contributed by atoms with Crippen LogP contribution in [0.2, 0.25) is 0 Å². The van der Waals surface area contributed by atoms with Crippen molar-refractivity contribution in [3.8, 4) is 0 Å². The Kier molecular flexibility index (Phi) is 3.53. The summed E-state index contributed by atoms with van der Waals surface area (Å²) in [6, 6.07) is 0.499. The van der Waals surface area contributed by atoms with Crippen LogP contribution in [0.15, 0.2) is 0 Å². The molecule has 0 bridgehead atoms. The fourth-order valence-electron chi connectivity index (χ4n) is 3.06. The molecule has 3 heteroatoms. The zero-order valence-corrected chi connectivity index (χ0v) is 10.6. The monoisotopic (exact) mass is 224 g/mol. The van der Waals surface area contributed by atoms with Crippen molar-refractivity contribution in [2.75, 3.05) is 20.1 Å². The van der Waals surface area contributed by atoms with E-state index in [9.17, 15) is 4.79 Å². The number of hydrogen-bond acceptors (Lipinski definition) is 2. The Hall–Kier alpha value is -0.570. The third-order valence-corrected chi connectivity index (χ3v) is 4.33. The van der Waals surface area contributed by atoms with Crippen molar-refractivity contribution in [1.82, 2.24) is 10.2 Å².